The molecule has 0 aromatic carbocycles. The van der Waals surface area contributed by atoms with Crippen molar-refractivity contribution in [3.63, 3.8) is 0 Å². The Labute approximate surface area is 53.6 Å². The van der Waals surface area contributed by atoms with Gasteiger partial charge in [-0.1, -0.05) is 0 Å². The number of halogens is 1. The lowest BCUT2D eigenvalue weighted by atomic mass is 10.1. The van der Waals surface area contributed by atoms with Gasteiger partial charge in [-0.2, -0.15) is 0 Å². The first kappa shape index (κ1) is 6.96. The second-order valence-electron chi connectivity index (χ2n) is 2.25. The molecule has 54 valence electrons. The summed E-state index contributed by atoms with van der Waals surface area (Å²) in [6.45, 7) is 0.396. The molecule has 1 aliphatic heterocycles. The highest BCUT2D eigenvalue weighted by molar-refractivity contribution is 4.72. The number of hydrogen-bond donors (Lipinski definition) is 1. The summed E-state index contributed by atoms with van der Waals surface area (Å²) < 4.78 is 17.5. The zero-order chi connectivity index (χ0) is 6.69. The molecule has 0 amide bonds. The first-order chi connectivity index (χ1) is 4.34. The van der Waals surface area contributed by atoms with Gasteiger partial charge in [-0.25, -0.2) is 4.39 Å². The van der Waals surface area contributed by atoms with Crippen LogP contribution in [-0.2, 0) is 4.74 Å². The van der Waals surface area contributed by atoms with E-state index in [1.165, 1.54) is 0 Å². The molecule has 3 heteroatoms. The fourth-order valence-electron chi connectivity index (χ4n) is 0.970. The van der Waals surface area contributed by atoms with Gasteiger partial charge in [0.15, 0.2) is 0 Å². The highest BCUT2D eigenvalue weighted by atomic mass is 19.1. The van der Waals surface area contributed by atoms with Gasteiger partial charge in [0.05, 0.1) is 6.61 Å². The van der Waals surface area contributed by atoms with Crippen molar-refractivity contribution in [2.75, 3.05) is 13.2 Å². The topological polar surface area (TPSA) is 29.5 Å². The van der Waals surface area contributed by atoms with Crippen LogP contribution in [0.1, 0.15) is 12.8 Å². The van der Waals surface area contributed by atoms with Gasteiger partial charge in [0, 0.05) is 6.61 Å². The van der Waals surface area contributed by atoms with Crippen LogP contribution in [0.25, 0.3) is 0 Å². The monoisotopic (exact) mass is 134 g/mol. The van der Waals surface area contributed by atoms with Crippen molar-refractivity contribution in [2.45, 2.75) is 25.1 Å². The zero-order valence-corrected chi connectivity index (χ0v) is 5.22. The Bertz CT molecular complexity index is 87.1. The number of ether oxygens (including phenoxy) is 1. The number of alkyl halides is 1. The van der Waals surface area contributed by atoms with Crippen LogP contribution in [0.4, 0.5) is 4.39 Å². The molecule has 1 saturated heterocycles. The first-order valence-corrected chi connectivity index (χ1v) is 3.21. The fraction of sp³-hybridized carbons (Fsp3) is 1.00. The molecule has 1 rings (SSSR count). The maximum Gasteiger partial charge on any atom is 0.128 e. The highest BCUT2D eigenvalue weighted by Crippen LogP contribution is 2.15. The minimum absolute atomic E-state index is 0.193. The quantitative estimate of drug-likeness (QED) is 0.565. The number of aliphatic hydroxyl groups excluding tert-OH is 1. The predicted octanol–water partition coefficient (Wildman–Crippen LogP) is 0.496. The SMILES string of the molecule is OCC1OCCCC1F. The minimum atomic E-state index is -0.955. The molecule has 2 atom stereocenters. The summed E-state index contributed by atoms with van der Waals surface area (Å²) >= 11 is 0. The number of rotatable bonds is 1. The van der Waals surface area contributed by atoms with E-state index in [0.717, 1.165) is 6.42 Å². The van der Waals surface area contributed by atoms with Crippen LogP contribution in [0.2, 0.25) is 0 Å². The van der Waals surface area contributed by atoms with Crippen LogP contribution < -0.4 is 0 Å². The summed E-state index contributed by atoms with van der Waals surface area (Å²) in [4.78, 5) is 0. The average molecular weight is 134 g/mol. The molecule has 1 heterocycles. The minimum Gasteiger partial charge on any atom is -0.394 e. The van der Waals surface area contributed by atoms with Crippen molar-refractivity contribution in [3.8, 4) is 0 Å². The number of aliphatic hydroxyl groups is 1. The van der Waals surface area contributed by atoms with E-state index in [4.69, 9.17) is 9.84 Å². The van der Waals surface area contributed by atoms with Crippen molar-refractivity contribution in [1.29, 1.82) is 0 Å². The largest absolute Gasteiger partial charge is 0.394 e. The normalized spacial score (nSPS) is 36.7. The van der Waals surface area contributed by atoms with Gasteiger partial charge >= 0.3 is 0 Å². The Balaban J connectivity index is 2.30. The summed E-state index contributed by atoms with van der Waals surface area (Å²) in [7, 11) is 0. The lowest BCUT2D eigenvalue weighted by molar-refractivity contribution is -0.0650. The van der Waals surface area contributed by atoms with Crippen molar-refractivity contribution in [3.05, 3.63) is 0 Å². The second-order valence-corrected chi connectivity index (χ2v) is 2.25. The highest BCUT2D eigenvalue weighted by Gasteiger charge is 2.24. The van der Waals surface area contributed by atoms with Crippen LogP contribution in [-0.4, -0.2) is 30.6 Å². The van der Waals surface area contributed by atoms with Crippen LogP contribution in [0.15, 0.2) is 0 Å². The Morgan fingerprint density at radius 2 is 2.44 bits per heavy atom. The van der Waals surface area contributed by atoms with E-state index in [9.17, 15) is 4.39 Å². The van der Waals surface area contributed by atoms with E-state index in [-0.39, 0.29) is 6.61 Å². The van der Waals surface area contributed by atoms with Crippen LogP contribution in [0, 0.1) is 0 Å². The van der Waals surface area contributed by atoms with Crippen molar-refractivity contribution in [1.82, 2.24) is 0 Å². The van der Waals surface area contributed by atoms with E-state index in [2.05, 4.69) is 0 Å². The standard InChI is InChI=1S/C6H11FO2/c7-5-2-1-3-9-6(5)4-8/h5-6,8H,1-4H2. The van der Waals surface area contributed by atoms with E-state index >= 15 is 0 Å². The molecule has 1 fully saturated rings. The lowest BCUT2D eigenvalue weighted by Crippen LogP contribution is -2.33. The Kier molecular flexibility index (Phi) is 2.42. The van der Waals surface area contributed by atoms with Crippen molar-refractivity contribution < 1.29 is 14.2 Å². The maximum atomic E-state index is 12.6. The molecule has 2 nitrogen and oxygen atoms in total. The van der Waals surface area contributed by atoms with Crippen LogP contribution >= 0.6 is 0 Å². The molecule has 0 aromatic rings. The van der Waals surface area contributed by atoms with E-state index < -0.39 is 12.3 Å². The van der Waals surface area contributed by atoms with Crippen LogP contribution in [0.5, 0.6) is 0 Å². The summed E-state index contributed by atoms with van der Waals surface area (Å²) in [6.07, 6.45) is -0.203. The van der Waals surface area contributed by atoms with E-state index in [0.29, 0.717) is 13.0 Å². The molecule has 1 aliphatic rings. The molecule has 0 bridgehead atoms. The van der Waals surface area contributed by atoms with Crippen LogP contribution in [0.3, 0.4) is 0 Å². The Hall–Kier alpha value is -0.150. The van der Waals surface area contributed by atoms with Gasteiger partial charge in [-0.15, -0.1) is 0 Å². The third-order valence-corrected chi connectivity index (χ3v) is 1.54. The van der Waals surface area contributed by atoms with Gasteiger partial charge in [-0.3, -0.25) is 0 Å². The third-order valence-electron chi connectivity index (χ3n) is 1.54. The van der Waals surface area contributed by atoms with E-state index in [1.54, 1.807) is 0 Å². The van der Waals surface area contributed by atoms with Gasteiger partial charge in [0.2, 0.25) is 0 Å². The summed E-state index contributed by atoms with van der Waals surface area (Å²) in [5.74, 6) is 0. The van der Waals surface area contributed by atoms with Gasteiger partial charge in [0.25, 0.3) is 0 Å². The predicted molar refractivity (Wildman–Crippen MR) is 31.0 cm³/mol. The summed E-state index contributed by atoms with van der Waals surface area (Å²) in [6, 6.07) is 0. The summed E-state index contributed by atoms with van der Waals surface area (Å²) in [5, 5.41) is 8.50. The molecule has 0 radical (unpaired) electrons. The van der Waals surface area contributed by atoms with Crippen molar-refractivity contribution >= 4 is 0 Å². The zero-order valence-electron chi connectivity index (χ0n) is 5.22. The molecule has 0 aliphatic carbocycles. The molecule has 0 aromatic heterocycles. The summed E-state index contributed by atoms with van der Waals surface area (Å²) in [5.41, 5.74) is 0. The van der Waals surface area contributed by atoms with E-state index in [1.807, 2.05) is 0 Å². The Morgan fingerprint density at radius 3 is 2.89 bits per heavy atom. The average Bonchev–Trinajstić information content (AvgIpc) is 1.89. The molecule has 9 heavy (non-hydrogen) atoms. The first-order valence-electron chi connectivity index (χ1n) is 3.21. The molecular formula is C6H11FO2. The second kappa shape index (κ2) is 3.13. The lowest BCUT2D eigenvalue weighted by Gasteiger charge is -2.24. The number of hydrogen-bond acceptors (Lipinski definition) is 2. The molecule has 1 N–H and O–H groups in total. The Morgan fingerprint density at radius 1 is 1.67 bits per heavy atom. The van der Waals surface area contributed by atoms with Gasteiger partial charge in [0.1, 0.15) is 12.3 Å². The fourth-order valence-corrected chi connectivity index (χ4v) is 0.970. The maximum absolute atomic E-state index is 12.6. The van der Waals surface area contributed by atoms with Crippen molar-refractivity contribution in [2.24, 2.45) is 0 Å². The molecular weight excluding hydrogens is 123 g/mol. The molecule has 0 saturated carbocycles. The molecule has 2 unspecified atom stereocenters. The molecule has 0 spiro atoms. The van der Waals surface area contributed by atoms with Gasteiger partial charge < -0.3 is 9.84 Å². The third kappa shape index (κ3) is 1.63. The van der Waals surface area contributed by atoms with Gasteiger partial charge in [-0.05, 0) is 12.8 Å². The smallest absolute Gasteiger partial charge is 0.128 e.